The molecule has 0 saturated heterocycles. The van der Waals surface area contributed by atoms with Gasteiger partial charge in [-0.3, -0.25) is 4.79 Å². The zero-order valence-corrected chi connectivity index (χ0v) is 12.2. The van der Waals surface area contributed by atoms with Crippen molar-refractivity contribution >= 4 is 33.7 Å². The van der Waals surface area contributed by atoms with Crippen molar-refractivity contribution in [3.63, 3.8) is 0 Å². The van der Waals surface area contributed by atoms with Crippen LogP contribution in [0.4, 0.5) is 17.1 Å². The average Bonchev–Trinajstić information content (AvgIpc) is 2.54. The topological polar surface area (TPSA) is 53.8 Å². The van der Waals surface area contributed by atoms with Crippen LogP contribution in [0.1, 0.15) is 6.92 Å². The normalized spacial score (nSPS) is 11.0. The van der Waals surface area contributed by atoms with E-state index >= 15 is 0 Å². The summed E-state index contributed by atoms with van der Waals surface area (Å²) in [6.45, 7) is 1.50. The van der Waals surface area contributed by atoms with Crippen molar-refractivity contribution in [2.24, 2.45) is 10.2 Å². The molecule has 0 aromatic heterocycles. The summed E-state index contributed by atoms with van der Waals surface area (Å²) in [5.41, 5.74) is 2.33. The number of benzene rings is 3. The van der Waals surface area contributed by atoms with Gasteiger partial charge in [0.1, 0.15) is 0 Å². The minimum atomic E-state index is -0.0937. The molecule has 0 aliphatic heterocycles. The molecule has 0 bridgehead atoms. The van der Waals surface area contributed by atoms with E-state index in [4.69, 9.17) is 0 Å². The summed E-state index contributed by atoms with van der Waals surface area (Å²) in [5.74, 6) is -0.0937. The fraction of sp³-hybridized carbons (Fsp3) is 0.0556. The van der Waals surface area contributed by atoms with Crippen LogP contribution in [-0.2, 0) is 4.79 Å². The molecule has 22 heavy (non-hydrogen) atoms. The first-order valence-corrected chi connectivity index (χ1v) is 6.99. The first-order chi connectivity index (χ1) is 10.7. The van der Waals surface area contributed by atoms with Gasteiger partial charge in [0.05, 0.1) is 11.4 Å². The van der Waals surface area contributed by atoms with E-state index in [0.717, 1.165) is 27.8 Å². The van der Waals surface area contributed by atoms with Gasteiger partial charge in [-0.1, -0.05) is 36.4 Å². The summed E-state index contributed by atoms with van der Waals surface area (Å²) in [7, 11) is 0. The second kappa shape index (κ2) is 6.18. The molecule has 1 amide bonds. The zero-order valence-electron chi connectivity index (χ0n) is 12.2. The third-order valence-corrected chi connectivity index (χ3v) is 3.21. The lowest BCUT2D eigenvalue weighted by molar-refractivity contribution is -0.114. The molecule has 0 atom stereocenters. The number of amides is 1. The zero-order chi connectivity index (χ0) is 15.4. The molecule has 0 heterocycles. The molecule has 0 fully saturated rings. The van der Waals surface area contributed by atoms with Crippen LogP contribution in [0.5, 0.6) is 0 Å². The van der Waals surface area contributed by atoms with Crippen molar-refractivity contribution in [1.29, 1.82) is 0 Å². The number of nitrogens with zero attached hydrogens (tertiary/aromatic N) is 2. The number of azo groups is 1. The summed E-state index contributed by atoms with van der Waals surface area (Å²) >= 11 is 0. The molecule has 0 unspecified atom stereocenters. The Kier molecular flexibility index (Phi) is 3.92. The molecule has 3 rings (SSSR count). The number of anilines is 1. The second-order valence-corrected chi connectivity index (χ2v) is 4.93. The minimum Gasteiger partial charge on any atom is -0.326 e. The molecule has 0 aliphatic rings. The first kappa shape index (κ1) is 13.9. The molecule has 3 aromatic rings. The Labute approximate surface area is 128 Å². The van der Waals surface area contributed by atoms with E-state index in [0.29, 0.717) is 0 Å². The minimum absolute atomic E-state index is 0.0937. The van der Waals surface area contributed by atoms with Gasteiger partial charge in [-0.05, 0) is 35.7 Å². The van der Waals surface area contributed by atoms with Crippen LogP contribution in [0.3, 0.4) is 0 Å². The molecule has 108 valence electrons. The Morgan fingerprint density at radius 1 is 0.864 bits per heavy atom. The Balaban J connectivity index is 1.98. The third kappa shape index (κ3) is 3.17. The highest BCUT2D eigenvalue weighted by molar-refractivity contribution is 6.02. The van der Waals surface area contributed by atoms with Crippen LogP contribution in [-0.4, -0.2) is 5.91 Å². The lowest BCUT2D eigenvalue weighted by Gasteiger charge is -2.07. The van der Waals surface area contributed by atoms with Crippen molar-refractivity contribution in [2.75, 3.05) is 5.32 Å². The number of rotatable bonds is 3. The van der Waals surface area contributed by atoms with Gasteiger partial charge in [-0.2, -0.15) is 10.2 Å². The number of nitrogens with one attached hydrogen (secondary N) is 1. The Morgan fingerprint density at radius 3 is 2.41 bits per heavy atom. The molecule has 0 saturated carbocycles. The van der Waals surface area contributed by atoms with Crippen molar-refractivity contribution in [3.8, 4) is 0 Å². The van der Waals surface area contributed by atoms with E-state index in [2.05, 4.69) is 15.5 Å². The third-order valence-electron chi connectivity index (χ3n) is 3.21. The van der Waals surface area contributed by atoms with Crippen molar-refractivity contribution in [3.05, 3.63) is 66.7 Å². The monoisotopic (exact) mass is 289 g/mol. The molecule has 1 N–H and O–H groups in total. The van der Waals surface area contributed by atoms with E-state index in [1.165, 1.54) is 6.92 Å². The maximum Gasteiger partial charge on any atom is 0.221 e. The molecule has 4 nitrogen and oxygen atoms in total. The van der Waals surface area contributed by atoms with Gasteiger partial charge in [0, 0.05) is 18.0 Å². The van der Waals surface area contributed by atoms with Crippen LogP contribution in [0.2, 0.25) is 0 Å². The van der Waals surface area contributed by atoms with Gasteiger partial charge >= 0.3 is 0 Å². The number of carbonyl (C=O) groups excluding carboxylic acids is 1. The van der Waals surface area contributed by atoms with Gasteiger partial charge in [-0.25, -0.2) is 0 Å². The maximum atomic E-state index is 11.3. The number of carbonyl (C=O) groups is 1. The summed E-state index contributed by atoms with van der Waals surface area (Å²) in [6.07, 6.45) is 0. The Morgan fingerprint density at radius 2 is 1.64 bits per heavy atom. The van der Waals surface area contributed by atoms with Crippen LogP contribution < -0.4 is 5.32 Å². The van der Waals surface area contributed by atoms with Crippen molar-refractivity contribution in [2.45, 2.75) is 6.92 Å². The van der Waals surface area contributed by atoms with Gasteiger partial charge in [-0.15, -0.1) is 0 Å². The van der Waals surface area contributed by atoms with Crippen LogP contribution in [0.25, 0.3) is 10.8 Å². The van der Waals surface area contributed by atoms with E-state index in [1.807, 2.05) is 66.7 Å². The summed E-state index contributed by atoms with van der Waals surface area (Å²) < 4.78 is 0. The highest BCUT2D eigenvalue weighted by Crippen LogP contribution is 2.28. The van der Waals surface area contributed by atoms with Gasteiger partial charge in [0.25, 0.3) is 0 Å². The van der Waals surface area contributed by atoms with Crippen LogP contribution in [0.15, 0.2) is 77.0 Å². The van der Waals surface area contributed by atoms with Gasteiger partial charge < -0.3 is 5.32 Å². The lowest BCUT2D eigenvalue weighted by Crippen LogP contribution is -2.05. The second-order valence-electron chi connectivity index (χ2n) is 4.93. The molecular weight excluding hydrogens is 274 g/mol. The van der Waals surface area contributed by atoms with Crippen molar-refractivity contribution < 1.29 is 4.79 Å². The molecule has 0 radical (unpaired) electrons. The lowest BCUT2D eigenvalue weighted by atomic mass is 10.1. The summed E-state index contributed by atoms with van der Waals surface area (Å²) in [4.78, 5) is 11.3. The molecule has 0 aliphatic carbocycles. The fourth-order valence-corrected chi connectivity index (χ4v) is 2.23. The van der Waals surface area contributed by atoms with E-state index < -0.39 is 0 Å². The van der Waals surface area contributed by atoms with Crippen molar-refractivity contribution in [1.82, 2.24) is 0 Å². The number of fused-ring (bicyclic) bond motifs is 1. The first-order valence-electron chi connectivity index (χ1n) is 6.99. The summed E-state index contributed by atoms with van der Waals surface area (Å²) in [6, 6.07) is 21.2. The summed E-state index contributed by atoms with van der Waals surface area (Å²) in [5, 5.41) is 13.3. The predicted molar refractivity (Wildman–Crippen MR) is 88.9 cm³/mol. The maximum absolute atomic E-state index is 11.3. The molecule has 3 aromatic carbocycles. The quantitative estimate of drug-likeness (QED) is 0.661. The predicted octanol–water partition coefficient (Wildman–Crippen LogP) is 5.21. The standard InChI is InChI=1S/C18H15N3O/c1-13(22)19-18-9-5-6-14-10-11-16(12-17(14)18)21-20-15-7-3-2-4-8-15/h2-12H,1H3,(H,19,22). The molecule has 0 spiro atoms. The van der Waals surface area contributed by atoms with E-state index in [1.54, 1.807) is 0 Å². The number of hydrogen-bond donors (Lipinski definition) is 1. The SMILES string of the molecule is CC(=O)Nc1cccc2ccc(N=Nc3ccccc3)cc12. The van der Waals surface area contributed by atoms with E-state index in [-0.39, 0.29) is 5.91 Å². The average molecular weight is 289 g/mol. The van der Waals surface area contributed by atoms with Crippen LogP contribution in [0, 0.1) is 0 Å². The highest BCUT2D eigenvalue weighted by atomic mass is 16.1. The highest BCUT2D eigenvalue weighted by Gasteiger charge is 2.03. The smallest absolute Gasteiger partial charge is 0.221 e. The van der Waals surface area contributed by atoms with Gasteiger partial charge in [0.2, 0.25) is 5.91 Å². The number of hydrogen-bond acceptors (Lipinski definition) is 3. The largest absolute Gasteiger partial charge is 0.326 e. The molecular formula is C18H15N3O. The fourth-order valence-electron chi connectivity index (χ4n) is 2.23. The van der Waals surface area contributed by atoms with Crippen LogP contribution >= 0.6 is 0 Å². The Hall–Kier alpha value is -3.01. The Bertz CT molecular complexity index is 841. The van der Waals surface area contributed by atoms with Gasteiger partial charge in [0.15, 0.2) is 0 Å². The van der Waals surface area contributed by atoms with E-state index in [9.17, 15) is 4.79 Å². The molecule has 4 heteroatoms.